The number of carbonyl (C=O) groups excluding carboxylic acids is 1. The van der Waals surface area contributed by atoms with Gasteiger partial charge in [-0.3, -0.25) is 4.79 Å². The van der Waals surface area contributed by atoms with Crippen LogP contribution in [-0.2, 0) is 9.47 Å². The molecule has 2 aliphatic rings. The fourth-order valence-corrected chi connectivity index (χ4v) is 3.35. The van der Waals surface area contributed by atoms with Crippen molar-refractivity contribution in [2.75, 3.05) is 27.4 Å². The molecule has 2 saturated heterocycles. The van der Waals surface area contributed by atoms with Crippen LogP contribution in [0.4, 0.5) is 4.39 Å². The van der Waals surface area contributed by atoms with Crippen LogP contribution < -0.4 is 4.74 Å². The quantitative estimate of drug-likeness (QED) is 0.855. The number of likely N-dealkylation sites (tertiary alicyclic amines) is 1. The highest BCUT2D eigenvalue weighted by atomic mass is 19.1. The van der Waals surface area contributed by atoms with Crippen LogP contribution in [0, 0.1) is 5.82 Å². The van der Waals surface area contributed by atoms with Crippen molar-refractivity contribution < 1.29 is 23.4 Å². The largest absolute Gasteiger partial charge is 0.494 e. The Balaban J connectivity index is 1.81. The molecule has 5 nitrogen and oxygen atoms in total. The van der Waals surface area contributed by atoms with Gasteiger partial charge >= 0.3 is 0 Å². The zero-order valence-electron chi connectivity index (χ0n) is 12.8. The molecule has 6 heteroatoms. The monoisotopic (exact) mass is 309 g/mol. The van der Waals surface area contributed by atoms with Crippen LogP contribution in [0.5, 0.6) is 5.75 Å². The average molecular weight is 309 g/mol. The zero-order valence-corrected chi connectivity index (χ0v) is 12.8. The third-order valence-corrected chi connectivity index (χ3v) is 4.49. The molecule has 2 aliphatic heterocycles. The molecular formula is C16H20FNO4. The molecule has 0 aliphatic carbocycles. The molecule has 0 bridgehead atoms. The average Bonchev–Trinajstić information content (AvgIpc) is 3.02. The van der Waals surface area contributed by atoms with E-state index in [1.54, 1.807) is 18.1 Å². The molecule has 3 rings (SSSR count). The van der Waals surface area contributed by atoms with E-state index in [9.17, 15) is 9.18 Å². The topological polar surface area (TPSA) is 48.0 Å². The molecule has 22 heavy (non-hydrogen) atoms. The van der Waals surface area contributed by atoms with E-state index in [1.165, 1.54) is 19.2 Å². The predicted octanol–water partition coefficient (Wildman–Crippen LogP) is 1.85. The molecule has 1 aromatic rings. The second kappa shape index (κ2) is 6.22. The van der Waals surface area contributed by atoms with Gasteiger partial charge in [0.15, 0.2) is 11.6 Å². The number of piperidine rings is 1. The summed E-state index contributed by atoms with van der Waals surface area (Å²) in [5.74, 6) is -0.562. The predicted molar refractivity (Wildman–Crippen MR) is 77.5 cm³/mol. The number of carbonyl (C=O) groups is 1. The number of halogens is 1. The van der Waals surface area contributed by atoms with Gasteiger partial charge in [-0.05, 0) is 31.0 Å². The van der Waals surface area contributed by atoms with Crippen LogP contribution in [0.15, 0.2) is 18.2 Å². The summed E-state index contributed by atoms with van der Waals surface area (Å²) in [6.45, 7) is 1.21. The molecule has 3 atom stereocenters. The molecule has 2 fully saturated rings. The smallest absolute Gasteiger partial charge is 0.254 e. The third kappa shape index (κ3) is 2.57. The maximum absolute atomic E-state index is 13.8. The highest BCUT2D eigenvalue weighted by molar-refractivity contribution is 5.94. The van der Waals surface area contributed by atoms with Gasteiger partial charge in [-0.15, -0.1) is 0 Å². The van der Waals surface area contributed by atoms with Crippen LogP contribution >= 0.6 is 0 Å². The van der Waals surface area contributed by atoms with E-state index in [2.05, 4.69) is 0 Å². The van der Waals surface area contributed by atoms with Crippen molar-refractivity contribution in [3.8, 4) is 5.75 Å². The Morgan fingerprint density at radius 1 is 1.36 bits per heavy atom. The summed E-state index contributed by atoms with van der Waals surface area (Å²) in [5.41, 5.74) is 0.333. The van der Waals surface area contributed by atoms with Gasteiger partial charge in [0.05, 0.1) is 19.3 Å². The number of hydrogen-bond donors (Lipinski definition) is 0. The highest BCUT2D eigenvalue weighted by Gasteiger charge is 2.44. The number of methoxy groups -OCH3 is 2. The summed E-state index contributed by atoms with van der Waals surface area (Å²) in [7, 11) is 3.07. The third-order valence-electron chi connectivity index (χ3n) is 4.49. The standard InChI is InChI=1S/C16H20FNO4/c1-20-13-4-3-10(9-11(13)17)16(19)18-7-5-14(21-2)15-12(18)6-8-22-15/h3-4,9,12,14-15H,5-8H2,1-2H3/t12-,14+,15-/m0/s1. The Morgan fingerprint density at radius 2 is 2.18 bits per heavy atom. The molecular weight excluding hydrogens is 289 g/mol. The SMILES string of the molecule is COc1ccc(C(=O)N2CC[C@@H](OC)[C@H]3OCC[C@@H]32)cc1F. The van der Waals surface area contributed by atoms with Crippen molar-refractivity contribution in [1.82, 2.24) is 4.90 Å². The van der Waals surface area contributed by atoms with Crippen molar-refractivity contribution in [1.29, 1.82) is 0 Å². The Labute approximate surface area is 128 Å². The minimum atomic E-state index is -0.528. The second-order valence-electron chi connectivity index (χ2n) is 5.60. The van der Waals surface area contributed by atoms with Crippen LogP contribution in [0.2, 0.25) is 0 Å². The fourth-order valence-electron chi connectivity index (χ4n) is 3.35. The molecule has 0 saturated carbocycles. The van der Waals surface area contributed by atoms with E-state index in [0.29, 0.717) is 18.7 Å². The number of amides is 1. The lowest BCUT2D eigenvalue weighted by atomic mass is 9.94. The summed E-state index contributed by atoms with van der Waals surface area (Å²) < 4.78 is 29.9. The number of rotatable bonds is 3. The van der Waals surface area contributed by atoms with Crippen LogP contribution in [-0.4, -0.2) is 56.4 Å². The van der Waals surface area contributed by atoms with Gasteiger partial charge in [-0.25, -0.2) is 4.39 Å². The first-order valence-corrected chi connectivity index (χ1v) is 7.44. The van der Waals surface area contributed by atoms with Gasteiger partial charge in [0, 0.05) is 25.8 Å². The summed E-state index contributed by atoms with van der Waals surface area (Å²) >= 11 is 0. The number of fused-ring (bicyclic) bond motifs is 1. The lowest BCUT2D eigenvalue weighted by Gasteiger charge is -2.40. The van der Waals surface area contributed by atoms with Gasteiger partial charge in [0.1, 0.15) is 6.10 Å². The van der Waals surface area contributed by atoms with E-state index in [1.807, 2.05) is 0 Å². The van der Waals surface area contributed by atoms with Crippen molar-refractivity contribution >= 4 is 5.91 Å². The van der Waals surface area contributed by atoms with Crippen LogP contribution in [0.3, 0.4) is 0 Å². The van der Waals surface area contributed by atoms with Gasteiger partial charge < -0.3 is 19.1 Å². The van der Waals surface area contributed by atoms with Gasteiger partial charge in [0.25, 0.3) is 5.91 Å². The normalized spacial score (nSPS) is 27.6. The van der Waals surface area contributed by atoms with Gasteiger partial charge in [-0.1, -0.05) is 0 Å². The van der Waals surface area contributed by atoms with E-state index >= 15 is 0 Å². The number of benzene rings is 1. The van der Waals surface area contributed by atoms with Gasteiger partial charge in [-0.2, -0.15) is 0 Å². The number of nitrogens with zero attached hydrogens (tertiary/aromatic N) is 1. The minimum absolute atomic E-state index is 0.00337. The first-order valence-electron chi connectivity index (χ1n) is 7.44. The molecule has 0 spiro atoms. The lowest BCUT2D eigenvalue weighted by molar-refractivity contribution is -0.0754. The van der Waals surface area contributed by atoms with Crippen LogP contribution in [0.1, 0.15) is 23.2 Å². The van der Waals surface area contributed by atoms with Crippen molar-refractivity contribution in [2.24, 2.45) is 0 Å². The summed E-state index contributed by atoms with van der Waals surface area (Å²) in [5, 5.41) is 0. The van der Waals surface area contributed by atoms with Gasteiger partial charge in [0.2, 0.25) is 0 Å². The Kier molecular flexibility index (Phi) is 4.31. The Hall–Kier alpha value is -1.66. The molecule has 120 valence electrons. The number of hydrogen-bond acceptors (Lipinski definition) is 4. The first kappa shape index (κ1) is 15.2. The minimum Gasteiger partial charge on any atom is -0.494 e. The maximum atomic E-state index is 13.8. The molecule has 0 unspecified atom stereocenters. The van der Waals surface area contributed by atoms with E-state index < -0.39 is 5.82 Å². The number of ether oxygens (including phenoxy) is 3. The Morgan fingerprint density at radius 3 is 2.86 bits per heavy atom. The van der Waals surface area contributed by atoms with Crippen molar-refractivity contribution in [3.63, 3.8) is 0 Å². The lowest BCUT2D eigenvalue weighted by Crippen LogP contribution is -2.55. The molecule has 0 radical (unpaired) electrons. The highest BCUT2D eigenvalue weighted by Crippen LogP contribution is 2.31. The van der Waals surface area contributed by atoms with E-state index in [0.717, 1.165) is 12.8 Å². The summed E-state index contributed by atoms with van der Waals surface area (Å²) in [6.07, 6.45) is 1.44. The maximum Gasteiger partial charge on any atom is 0.254 e. The molecule has 0 aromatic heterocycles. The van der Waals surface area contributed by atoms with E-state index in [4.69, 9.17) is 14.2 Å². The summed E-state index contributed by atoms with van der Waals surface area (Å²) in [6, 6.07) is 4.30. The molecule has 0 N–H and O–H groups in total. The zero-order chi connectivity index (χ0) is 15.7. The first-order chi connectivity index (χ1) is 10.7. The molecule has 1 aromatic carbocycles. The Bertz CT molecular complexity index is 565. The second-order valence-corrected chi connectivity index (χ2v) is 5.60. The van der Waals surface area contributed by atoms with Crippen LogP contribution in [0.25, 0.3) is 0 Å². The molecule has 1 amide bonds. The summed E-state index contributed by atoms with van der Waals surface area (Å²) in [4.78, 5) is 14.5. The molecule has 2 heterocycles. The van der Waals surface area contributed by atoms with E-state index in [-0.39, 0.29) is 29.9 Å². The van der Waals surface area contributed by atoms with Crippen molar-refractivity contribution in [2.45, 2.75) is 31.1 Å². The fraction of sp³-hybridized carbons (Fsp3) is 0.562. The van der Waals surface area contributed by atoms with Crippen molar-refractivity contribution in [3.05, 3.63) is 29.6 Å².